The summed E-state index contributed by atoms with van der Waals surface area (Å²) in [7, 11) is 0. The number of rotatable bonds is 3. The third-order valence-corrected chi connectivity index (χ3v) is 3.96. The molecular formula is C16H21N5O3S. The van der Waals surface area contributed by atoms with Gasteiger partial charge in [-0.05, 0) is 20.8 Å². The van der Waals surface area contributed by atoms with Crippen LogP contribution >= 0.6 is 11.3 Å². The van der Waals surface area contributed by atoms with E-state index in [4.69, 9.17) is 4.74 Å². The van der Waals surface area contributed by atoms with E-state index in [2.05, 4.69) is 15.4 Å². The van der Waals surface area contributed by atoms with Crippen LogP contribution in [0.4, 0.5) is 5.13 Å². The van der Waals surface area contributed by atoms with Gasteiger partial charge < -0.3 is 10.1 Å². The summed E-state index contributed by atoms with van der Waals surface area (Å²) < 4.78 is 7.12. The number of carbonyl (C=O) groups is 2. The average Bonchev–Trinajstić information content (AvgIpc) is 2.95. The normalized spacial score (nSPS) is 12.0. The highest BCUT2D eigenvalue weighted by Crippen LogP contribution is 2.30. The van der Waals surface area contributed by atoms with Crippen LogP contribution in [-0.2, 0) is 20.9 Å². The maximum absolute atomic E-state index is 12.1. The summed E-state index contributed by atoms with van der Waals surface area (Å²) in [5.74, 6) is -0.663. The third kappa shape index (κ3) is 4.54. The van der Waals surface area contributed by atoms with Crippen LogP contribution in [0.15, 0.2) is 0 Å². The van der Waals surface area contributed by atoms with Crippen LogP contribution in [0.1, 0.15) is 47.2 Å². The Bertz CT molecular complexity index is 861. The van der Waals surface area contributed by atoms with Crippen molar-refractivity contribution in [2.24, 2.45) is 5.41 Å². The van der Waals surface area contributed by atoms with Crippen molar-refractivity contribution in [3.8, 4) is 6.07 Å². The number of nitrogens with zero attached hydrogens (tertiary/aromatic N) is 4. The van der Waals surface area contributed by atoms with Gasteiger partial charge in [-0.3, -0.25) is 9.59 Å². The highest BCUT2D eigenvalue weighted by atomic mass is 32.1. The summed E-state index contributed by atoms with van der Waals surface area (Å²) in [5.41, 5.74) is -0.655. The molecule has 0 unspecified atom stereocenters. The van der Waals surface area contributed by atoms with Crippen LogP contribution in [-0.4, -0.2) is 32.2 Å². The summed E-state index contributed by atoms with van der Waals surface area (Å²) in [5, 5.41) is 16.4. The van der Waals surface area contributed by atoms with Gasteiger partial charge in [0, 0.05) is 5.41 Å². The number of nitriles is 1. The second-order valence-corrected chi connectivity index (χ2v) is 8.58. The standard InChI is InChI=1S/C16H21N5O3S/c1-15(2,3)13(23)19-14-18-12-11(25-14)9(7-17)20-21(12)8-10(22)24-16(4,5)6/h8H2,1-6H3,(H,18,19,23). The highest BCUT2D eigenvalue weighted by molar-refractivity contribution is 7.22. The molecule has 0 aliphatic rings. The minimum Gasteiger partial charge on any atom is -0.459 e. The molecule has 0 aliphatic heterocycles. The number of ether oxygens (including phenoxy) is 1. The Balaban J connectivity index is 2.32. The zero-order valence-electron chi connectivity index (χ0n) is 15.1. The van der Waals surface area contributed by atoms with Crippen LogP contribution < -0.4 is 5.32 Å². The molecule has 8 nitrogen and oxygen atoms in total. The molecule has 0 saturated carbocycles. The van der Waals surface area contributed by atoms with Gasteiger partial charge in [-0.25, -0.2) is 4.68 Å². The number of amides is 1. The lowest BCUT2D eigenvalue weighted by atomic mass is 9.96. The molecule has 0 atom stereocenters. The lowest BCUT2D eigenvalue weighted by Crippen LogP contribution is -2.27. The maximum atomic E-state index is 12.1. The quantitative estimate of drug-likeness (QED) is 0.840. The molecule has 134 valence electrons. The van der Waals surface area contributed by atoms with Gasteiger partial charge in [-0.1, -0.05) is 32.1 Å². The molecule has 0 spiro atoms. The number of aromatic nitrogens is 3. The van der Waals surface area contributed by atoms with Crippen molar-refractivity contribution in [3.63, 3.8) is 0 Å². The summed E-state index contributed by atoms with van der Waals surface area (Å²) in [6.07, 6.45) is 0. The number of anilines is 1. The van der Waals surface area contributed by atoms with Crippen LogP contribution in [0.2, 0.25) is 0 Å². The molecule has 25 heavy (non-hydrogen) atoms. The summed E-state index contributed by atoms with van der Waals surface area (Å²) in [6, 6.07) is 1.98. The lowest BCUT2D eigenvalue weighted by Gasteiger charge is -2.19. The van der Waals surface area contributed by atoms with E-state index in [1.807, 2.05) is 6.07 Å². The van der Waals surface area contributed by atoms with E-state index in [0.29, 0.717) is 15.5 Å². The maximum Gasteiger partial charge on any atom is 0.328 e. The predicted octanol–water partition coefficient (Wildman–Crippen LogP) is 2.69. The fraction of sp³-hybridized carbons (Fsp3) is 0.562. The Morgan fingerprint density at radius 1 is 1.28 bits per heavy atom. The van der Waals surface area contributed by atoms with Gasteiger partial charge in [-0.15, -0.1) is 0 Å². The van der Waals surface area contributed by atoms with Gasteiger partial charge in [0.1, 0.15) is 22.9 Å². The Kier molecular flexibility index (Phi) is 4.86. The molecule has 0 saturated heterocycles. The van der Waals surface area contributed by atoms with Gasteiger partial charge >= 0.3 is 5.97 Å². The van der Waals surface area contributed by atoms with Gasteiger partial charge in [0.05, 0.1) is 0 Å². The van der Waals surface area contributed by atoms with Crippen molar-refractivity contribution in [2.75, 3.05) is 5.32 Å². The Morgan fingerprint density at radius 3 is 2.44 bits per heavy atom. The Morgan fingerprint density at radius 2 is 1.92 bits per heavy atom. The van der Waals surface area contributed by atoms with Gasteiger partial charge in [0.15, 0.2) is 16.5 Å². The van der Waals surface area contributed by atoms with Crippen LogP contribution in [0, 0.1) is 16.7 Å². The highest BCUT2D eigenvalue weighted by Gasteiger charge is 2.25. The van der Waals surface area contributed by atoms with E-state index in [-0.39, 0.29) is 18.1 Å². The number of nitrogens with one attached hydrogen (secondary N) is 1. The van der Waals surface area contributed by atoms with Crippen LogP contribution in [0.5, 0.6) is 0 Å². The first-order valence-corrected chi connectivity index (χ1v) is 8.53. The Labute approximate surface area is 149 Å². The molecule has 0 bridgehead atoms. The molecule has 2 aromatic heterocycles. The van der Waals surface area contributed by atoms with E-state index in [1.54, 1.807) is 41.5 Å². The van der Waals surface area contributed by atoms with E-state index in [0.717, 1.165) is 11.3 Å². The average molecular weight is 363 g/mol. The molecule has 2 aromatic rings. The van der Waals surface area contributed by atoms with Crippen molar-refractivity contribution >= 4 is 38.7 Å². The molecule has 0 fully saturated rings. The minimum absolute atomic E-state index is 0.160. The number of hydrogen-bond donors (Lipinski definition) is 1. The van der Waals surface area contributed by atoms with Crippen molar-refractivity contribution in [1.29, 1.82) is 5.26 Å². The number of esters is 1. The van der Waals surface area contributed by atoms with Crippen molar-refractivity contribution < 1.29 is 14.3 Å². The zero-order valence-corrected chi connectivity index (χ0v) is 15.9. The number of fused-ring (bicyclic) bond motifs is 1. The first kappa shape index (κ1) is 18.9. The van der Waals surface area contributed by atoms with Gasteiger partial charge in [-0.2, -0.15) is 15.3 Å². The van der Waals surface area contributed by atoms with E-state index >= 15 is 0 Å². The minimum atomic E-state index is -0.616. The third-order valence-electron chi connectivity index (χ3n) is 3.00. The van der Waals surface area contributed by atoms with Gasteiger partial charge in [0.25, 0.3) is 0 Å². The first-order chi connectivity index (χ1) is 11.4. The fourth-order valence-corrected chi connectivity index (χ4v) is 2.77. The van der Waals surface area contributed by atoms with Crippen LogP contribution in [0.3, 0.4) is 0 Å². The van der Waals surface area contributed by atoms with Gasteiger partial charge in [0.2, 0.25) is 5.91 Å². The van der Waals surface area contributed by atoms with Crippen molar-refractivity contribution in [1.82, 2.24) is 14.8 Å². The van der Waals surface area contributed by atoms with E-state index in [1.165, 1.54) is 4.68 Å². The molecule has 1 amide bonds. The molecular weight excluding hydrogens is 342 g/mol. The summed E-state index contributed by atoms with van der Waals surface area (Å²) >= 11 is 1.15. The van der Waals surface area contributed by atoms with Crippen LogP contribution in [0.25, 0.3) is 10.3 Å². The van der Waals surface area contributed by atoms with E-state index in [9.17, 15) is 14.9 Å². The Hall–Kier alpha value is -2.47. The lowest BCUT2D eigenvalue weighted by molar-refractivity contribution is -0.155. The second kappa shape index (κ2) is 6.44. The zero-order chi connectivity index (χ0) is 19.0. The first-order valence-electron chi connectivity index (χ1n) is 7.71. The number of thiazole rings is 1. The largest absolute Gasteiger partial charge is 0.459 e. The predicted molar refractivity (Wildman–Crippen MR) is 94.0 cm³/mol. The smallest absolute Gasteiger partial charge is 0.328 e. The monoisotopic (exact) mass is 363 g/mol. The van der Waals surface area contributed by atoms with Crippen molar-refractivity contribution in [3.05, 3.63) is 5.69 Å². The molecule has 0 radical (unpaired) electrons. The molecule has 9 heteroatoms. The summed E-state index contributed by atoms with van der Waals surface area (Å²) in [6.45, 7) is 10.5. The molecule has 1 N–H and O–H groups in total. The molecule has 0 aliphatic carbocycles. The van der Waals surface area contributed by atoms with Crippen molar-refractivity contribution in [2.45, 2.75) is 53.7 Å². The number of carbonyl (C=O) groups excluding carboxylic acids is 2. The number of hydrogen-bond acceptors (Lipinski definition) is 7. The molecule has 0 aromatic carbocycles. The SMILES string of the molecule is CC(C)(C)OC(=O)Cn1nc(C#N)c2sc(NC(=O)C(C)(C)C)nc21. The summed E-state index contributed by atoms with van der Waals surface area (Å²) in [4.78, 5) is 28.4. The second-order valence-electron chi connectivity index (χ2n) is 7.58. The molecule has 2 rings (SSSR count). The fourth-order valence-electron chi connectivity index (χ4n) is 1.87. The molecule has 2 heterocycles. The van der Waals surface area contributed by atoms with E-state index < -0.39 is 17.0 Å². The topological polar surface area (TPSA) is 110 Å².